The minimum absolute atomic E-state index is 0. The quantitative estimate of drug-likeness (QED) is 0.137. The number of hydrogen-bond acceptors (Lipinski definition) is 8. The summed E-state index contributed by atoms with van der Waals surface area (Å²) in [5.74, 6) is 0. The first-order chi connectivity index (χ1) is 4.88. The van der Waals surface area contributed by atoms with Crippen molar-refractivity contribution >= 4 is 6.47 Å². The second kappa shape index (κ2) is 40.9. The standard InChI is InChI=1S/CH2O2.HNO3.NO3.2H3N.Na/c2-1-3;2*2-1(3)4;;;/h1H,(H,2,3);(H,2,3,4);;2*1H3;/q;;-1;;;+1. The van der Waals surface area contributed by atoms with Gasteiger partial charge in [-0.05, 0) is 0 Å². The topological polar surface area (TPSA) is 237 Å². The normalized spacial score (nSPS) is 4.29. The molecule has 13 heteroatoms. The maximum absolute atomic E-state index is 8.36. The molecule has 0 aliphatic rings. The molecule has 0 aliphatic heterocycles. The summed E-state index contributed by atoms with van der Waals surface area (Å²) >= 11 is 0. The van der Waals surface area contributed by atoms with E-state index in [2.05, 4.69) is 0 Å². The molecule has 0 rings (SSSR count). The van der Waals surface area contributed by atoms with Crippen LogP contribution in [0.4, 0.5) is 0 Å². The number of nitrogens with zero attached hydrogens (tertiary/aromatic N) is 2. The predicted molar refractivity (Wildman–Crippen MR) is 37.9 cm³/mol. The molecule has 0 saturated heterocycles. The summed E-state index contributed by atoms with van der Waals surface area (Å²) in [5.41, 5.74) is 0. The summed E-state index contributed by atoms with van der Waals surface area (Å²) in [6.45, 7) is -0.250. The Balaban J connectivity index is -0.0000000156. The minimum Gasteiger partial charge on any atom is -0.483 e. The molecule has 0 fully saturated rings. The third-order valence-corrected chi connectivity index (χ3v) is 0. The molecule has 0 saturated carbocycles. The Morgan fingerprint density at radius 3 is 1.07 bits per heavy atom. The van der Waals surface area contributed by atoms with Crippen LogP contribution in [-0.2, 0) is 4.79 Å². The van der Waals surface area contributed by atoms with Gasteiger partial charge in [0.2, 0.25) is 0 Å². The summed E-state index contributed by atoms with van der Waals surface area (Å²) in [4.78, 5) is 25.0. The van der Waals surface area contributed by atoms with E-state index in [0.717, 1.165) is 0 Å². The average molecular weight is 228 g/mol. The molecule has 0 aliphatic carbocycles. The molecule has 0 aromatic heterocycles. The maximum Gasteiger partial charge on any atom is 1.00 e. The van der Waals surface area contributed by atoms with Gasteiger partial charge in [0.05, 0.1) is 5.09 Å². The van der Waals surface area contributed by atoms with E-state index in [1.54, 1.807) is 0 Å². The second-order valence-electron chi connectivity index (χ2n) is 0.567. The van der Waals surface area contributed by atoms with Crippen molar-refractivity contribution < 1.29 is 54.8 Å². The van der Waals surface area contributed by atoms with Crippen LogP contribution in [0.15, 0.2) is 0 Å². The van der Waals surface area contributed by atoms with Crippen LogP contribution in [0.5, 0.6) is 0 Å². The molecule has 0 spiro atoms. The third-order valence-electron chi connectivity index (χ3n) is 0. The zero-order chi connectivity index (χ0) is 9.86. The zero-order valence-electron chi connectivity index (χ0n) is 7.23. The number of carbonyl (C=O) groups is 1. The fourth-order valence-corrected chi connectivity index (χ4v) is 0. The molecular weight excluding hydrogens is 219 g/mol. The first-order valence-electron chi connectivity index (χ1n) is 1.61. The van der Waals surface area contributed by atoms with Gasteiger partial charge in [-0.25, -0.2) is 0 Å². The van der Waals surface area contributed by atoms with Crippen molar-refractivity contribution in [2.24, 2.45) is 0 Å². The average Bonchev–Trinajstić information content (AvgIpc) is 1.60. The van der Waals surface area contributed by atoms with Crippen molar-refractivity contribution in [2.75, 3.05) is 0 Å². The van der Waals surface area contributed by atoms with Gasteiger partial charge < -0.3 is 37.9 Å². The third kappa shape index (κ3) is 706. The van der Waals surface area contributed by atoms with Crippen LogP contribution in [0.3, 0.4) is 0 Å². The van der Waals surface area contributed by atoms with Crippen LogP contribution in [0, 0.1) is 25.4 Å². The Kier molecular flexibility index (Phi) is 113. The SMILES string of the molecule is N.N.O=CO.O=[N+]([O-])O.O=[N+]([O-])[O-].[Na+]. The molecule has 0 bridgehead atoms. The molecule has 82 valence electrons. The molecule has 0 unspecified atom stereocenters. The van der Waals surface area contributed by atoms with Crippen LogP contribution >= 0.6 is 0 Å². The van der Waals surface area contributed by atoms with E-state index in [1.165, 1.54) is 0 Å². The van der Waals surface area contributed by atoms with Gasteiger partial charge in [-0.1, -0.05) is 0 Å². The first-order valence-corrected chi connectivity index (χ1v) is 1.61. The van der Waals surface area contributed by atoms with Crippen molar-refractivity contribution in [2.45, 2.75) is 0 Å². The van der Waals surface area contributed by atoms with Gasteiger partial charge in [0.1, 0.15) is 0 Å². The molecule has 0 atom stereocenters. The van der Waals surface area contributed by atoms with E-state index in [4.69, 9.17) is 40.5 Å². The van der Waals surface area contributed by atoms with Gasteiger partial charge in [-0.2, -0.15) is 0 Å². The Hall–Kier alpha value is -1.21. The van der Waals surface area contributed by atoms with Gasteiger partial charge in [0, 0.05) is 0 Å². The largest absolute Gasteiger partial charge is 1.00 e. The molecule has 0 aromatic rings. The van der Waals surface area contributed by atoms with Crippen LogP contribution in [-0.4, -0.2) is 27.0 Å². The van der Waals surface area contributed by atoms with Gasteiger partial charge in [0.25, 0.3) is 11.6 Å². The molecule has 0 radical (unpaired) electrons. The summed E-state index contributed by atoms with van der Waals surface area (Å²) in [6, 6.07) is 0. The molecule has 8 N–H and O–H groups in total. The number of rotatable bonds is 0. The van der Waals surface area contributed by atoms with Crippen LogP contribution in [0.1, 0.15) is 0 Å². The van der Waals surface area contributed by atoms with Gasteiger partial charge in [0.15, 0.2) is 0 Å². The Bertz CT molecular complexity index is 109. The number of hydrogen-bond donors (Lipinski definition) is 4. The first kappa shape index (κ1) is 38.6. The molecule has 0 heterocycles. The van der Waals surface area contributed by atoms with Crippen LogP contribution in [0.25, 0.3) is 0 Å². The van der Waals surface area contributed by atoms with Gasteiger partial charge in [-0.15, -0.1) is 10.1 Å². The van der Waals surface area contributed by atoms with Gasteiger partial charge >= 0.3 is 29.6 Å². The van der Waals surface area contributed by atoms with E-state index in [9.17, 15) is 0 Å². The van der Waals surface area contributed by atoms with Crippen molar-refractivity contribution in [1.29, 1.82) is 0 Å². The van der Waals surface area contributed by atoms with Crippen molar-refractivity contribution in [3.63, 3.8) is 0 Å². The molecule has 12 nitrogen and oxygen atoms in total. The summed E-state index contributed by atoms with van der Waals surface area (Å²) in [6.07, 6.45) is 0. The molecular formula is CH9N4NaO8. The molecule has 0 amide bonds. The maximum atomic E-state index is 8.36. The second-order valence-corrected chi connectivity index (χ2v) is 0.567. The number of carboxylic acid groups (broad SMARTS) is 1. The smallest absolute Gasteiger partial charge is 0.483 e. The zero-order valence-corrected chi connectivity index (χ0v) is 9.23. The van der Waals surface area contributed by atoms with E-state index in [0.29, 0.717) is 0 Å². The molecule has 0 aromatic carbocycles. The molecule has 14 heavy (non-hydrogen) atoms. The van der Waals surface area contributed by atoms with Crippen LogP contribution in [0.2, 0.25) is 0 Å². The summed E-state index contributed by atoms with van der Waals surface area (Å²) in [5, 5.41) is 35.3. The van der Waals surface area contributed by atoms with E-state index in [1.807, 2.05) is 0 Å². The van der Waals surface area contributed by atoms with Crippen molar-refractivity contribution in [3.8, 4) is 0 Å². The van der Waals surface area contributed by atoms with Crippen molar-refractivity contribution in [3.05, 3.63) is 25.4 Å². The summed E-state index contributed by atoms with van der Waals surface area (Å²) in [7, 11) is 0. The summed E-state index contributed by atoms with van der Waals surface area (Å²) < 4.78 is 0. The van der Waals surface area contributed by atoms with Crippen molar-refractivity contribution in [1.82, 2.24) is 12.3 Å². The monoisotopic (exact) mass is 228 g/mol. The minimum atomic E-state index is -1.75. The van der Waals surface area contributed by atoms with Crippen LogP contribution < -0.4 is 41.9 Å². The Morgan fingerprint density at radius 1 is 1.07 bits per heavy atom. The van der Waals surface area contributed by atoms with E-state index >= 15 is 0 Å². The Morgan fingerprint density at radius 2 is 1.07 bits per heavy atom. The predicted octanol–water partition coefficient (Wildman–Crippen LogP) is -3.56. The van der Waals surface area contributed by atoms with E-state index < -0.39 is 10.2 Å². The fraction of sp³-hybridized carbons (Fsp3) is 0. The van der Waals surface area contributed by atoms with Gasteiger partial charge in [-0.3, -0.25) is 4.79 Å². The fourth-order valence-electron chi connectivity index (χ4n) is 0. The van der Waals surface area contributed by atoms with E-state index in [-0.39, 0.29) is 48.3 Å². The Labute approximate surface area is 99.2 Å².